The molecule has 354 valence electrons. The lowest BCUT2D eigenvalue weighted by molar-refractivity contribution is -0.140. The van der Waals surface area contributed by atoms with Crippen LogP contribution in [0.15, 0.2) is 72.0 Å². The number of nitrogens with zero attached hydrogens (tertiary/aromatic N) is 3. The number of hydrogen-bond acceptors (Lipinski definition) is 9. The molecule has 3 saturated heterocycles. The van der Waals surface area contributed by atoms with Crippen LogP contribution in [0.5, 0.6) is 0 Å². The van der Waals surface area contributed by atoms with E-state index in [0.29, 0.717) is 50.9 Å². The SMILES string of the molecule is COC(=O)N[C@H](C(=O)N1CCCC1C(=O)NC1C=CC([C@@H]2CC[C@@H](C3C=CC(NC(=O)[C@@H]4CCCN4C(=O)[C@@H](NC(=O)OC)C(C)C)=CC3)N2c2ccc(C(C)(C)C)cc2)=CC1)C(C)C. The molecule has 15 nitrogen and oxygen atoms in total. The Kier molecular flexibility index (Phi) is 15.9. The number of allylic oxidation sites excluding steroid dienone is 2. The lowest BCUT2D eigenvalue weighted by Gasteiger charge is -2.38. The molecule has 65 heavy (non-hydrogen) atoms. The molecule has 0 radical (unpaired) electrons. The number of carbonyl (C=O) groups excluding carboxylic acids is 6. The average Bonchev–Trinajstić information content (AvgIpc) is 4.08. The van der Waals surface area contributed by atoms with Crippen molar-refractivity contribution in [3.8, 4) is 0 Å². The monoisotopic (exact) mass is 898 g/mol. The molecule has 6 rings (SSSR count). The second-order valence-corrected chi connectivity index (χ2v) is 19.8. The summed E-state index contributed by atoms with van der Waals surface area (Å²) in [4.78, 5) is 84.4. The Balaban J connectivity index is 1.12. The van der Waals surface area contributed by atoms with Crippen LogP contribution in [0, 0.1) is 17.8 Å². The van der Waals surface area contributed by atoms with Crippen LogP contribution >= 0.6 is 0 Å². The van der Waals surface area contributed by atoms with Crippen molar-refractivity contribution in [2.45, 2.75) is 148 Å². The number of likely N-dealkylation sites (tertiary alicyclic amines) is 2. The van der Waals surface area contributed by atoms with Crippen molar-refractivity contribution < 1.29 is 38.2 Å². The molecule has 15 heteroatoms. The zero-order chi connectivity index (χ0) is 47.2. The zero-order valence-corrected chi connectivity index (χ0v) is 39.7. The van der Waals surface area contributed by atoms with Gasteiger partial charge in [-0.1, -0.05) is 91.0 Å². The summed E-state index contributed by atoms with van der Waals surface area (Å²) in [7, 11) is 2.52. The van der Waals surface area contributed by atoms with Gasteiger partial charge in [-0.3, -0.25) is 19.2 Å². The number of benzene rings is 1. The molecule has 3 fully saturated rings. The highest BCUT2D eigenvalue weighted by Crippen LogP contribution is 2.41. The molecular formula is C50H71N7O8. The van der Waals surface area contributed by atoms with Crippen molar-refractivity contribution >= 4 is 41.5 Å². The molecule has 4 N–H and O–H groups in total. The average molecular weight is 898 g/mol. The van der Waals surface area contributed by atoms with Gasteiger partial charge in [-0.25, -0.2) is 9.59 Å². The molecule has 0 bridgehead atoms. The molecule has 8 atom stereocenters. The number of amides is 6. The molecule has 3 aliphatic heterocycles. The summed E-state index contributed by atoms with van der Waals surface area (Å²) in [6, 6.07) is 6.13. The predicted molar refractivity (Wildman–Crippen MR) is 249 cm³/mol. The summed E-state index contributed by atoms with van der Waals surface area (Å²) in [6.07, 6.45) is 17.1. The highest BCUT2D eigenvalue weighted by atomic mass is 16.5. The molecule has 1 aromatic rings. The highest BCUT2D eigenvalue weighted by Gasteiger charge is 2.43. The Morgan fingerprint density at radius 3 is 1.74 bits per heavy atom. The van der Waals surface area contributed by atoms with Crippen molar-refractivity contribution in [1.29, 1.82) is 0 Å². The van der Waals surface area contributed by atoms with Crippen LogP contribution in [0.4, 0.5) is 15.3 Å². The quantitative estimate of drug-likeness (QED) is 0.185. The first kappa shape index (κ1) is 48.8. The van der Waals surface area contributed by atoms with Gasteiger partial charge in [-0.15, -0.1) is 0 Å². The van der Waals surface area contributed by atoms with Gasteiger partial charge in [0, 0.05) is 36.4 Å². The van der Waals surface area contributed by atoms with Gasteiger partial charge in [-0.05, 0) is 98.0 Å². The summed E-state index contributed by atoms with van der Waals surface area (Å²) in [5.41, 5.74) is 4.32. The van der Waals surface area contributed by atoms with Crippen LogP contribution < -0.4 is 26.2 Å². The lowest BCUT2D eigenvalue weighted by atomic mass is 9.86. The van der Waals surface area contributed by atoms with E-state index in [1.54, 1.807) is 9.80 Å². The molecule has 6 amide bonds. The first-order valence-electron chi connectivity index (χ1n) is 23.5. The fraction of sp³-hybridized carbons (Fsp3) is 0.600. The standard InChI is InChI=1S/C50H71N7O8/c1-30(2)42(53-48(62)64-8)46(60)55-28-10-12-40(55)44(58)51-35-20-14-32(15-21-35)38-26-27-39(57(38)37-24-18-34(19-25-37)50(5,6)7)33-16-22-36(23-17-33)52-45(59)41-13-11-29-56(41)47(61)43(31(3)4)54-49(63)65-9/h14-16,18-20,22-25,30-31,33,35,38-43H,10-13,17,21,26-29H2,1-9H3,(H,51,58)(H,52,59)(H,53,62)(H,54,63)/t33?,35?,38-,39-,40?,41-,42-,43-/m0/s1. The Labute approximate surface area is 384 Å². The van der Waals surface area contributed by atoms with Gasteiger partial charge in [-0.2, -0.15) is 0 Å². The minimum Gasteiger partial charge on any atom is -0.453 e. The van der Waals surface area contributed by atoms with E-state index in [4.69, 9.17) is 9.47 Å². The zero-order valence-electron chi connectivity index (χ0n) is 39.7. The van der Waals surface area contributed by atoms with Gasteiger partial charge in [0.1, 0.15) is 24.2 Å². The molecule has 0 saturated carbocycles. The van der Waals surface area contributed by atoms with Gasteiger partial charge in [0.2, 0.25) is 23.6 Å². The Morgan fingerprint density at radius 1 is 0.692 bits per heavy atom. The fourth-order valence-electron chi connectivity index (χ4n) is 9.96. The second-order valence-electron chi connectivity index (χ2n) is 19.8. The first-order chi connectivity index (χ1) is 30.9. The highest BCUT2D eigenvalue weighted by molar-refractivity contribution is 5.93. The fourth-order valence-corrected chi connectivity index (χ4v) is 9.96. The minimum absolute atomic E-state index is 0.00591. The maximum atomic E-state index is 13.7. The normalized spacial score (nSPS) is 25.2. The molecule has 0 spiro atoms. The van der Waals surface area contributed by atoms with E-state index in [1.165, 1.54) is 25.4 Å². The van der Waals surface area contributed by atoms with E-state index in [9.17, 15) is 28.8 Å². The first-order valence-corrected chi connectivity index (χ1v) is 23.5. The van der Waals surface area contributed by atoms with Crippen LogP contribution in [0.1, 0.15) is 105 Å². The van der Waals surface area contributed by atoms with Gasteiger partial charge < -0.3 is 45.4 Å². The molecule has 2 aliphatic carbocycles. The van der Waals surface area contributed by atoms with Crippen molar-refractivity contribution in [3.63, 3.8) is 0 Å². The Bertz CT molecular complexity index is 2050. The molecule has 5 aliphatic rings. The van der Waals surface area contributed by atoms with E-state index < -0.39 is 36.4 Å². The molecule has 0 aromatic heterocycles. The number of ether oxygens (including phenoxy) is 2. The largest absolute Gasteiger partial charge is 0.453 e. The van der Waals surface area contributed by atoms with Gasteiger partial charge in [0.05, 0.1) is 26.3 Å². The third-order valence-electron chi connectivity index (χ3n) is 13.7. The van der Waals surface area contributed by atoms with Crippen molar-refractivity contribution in [2.24, 2.45) is 17.8 Å². The number of nitrogens with one attached hydrogen (secondary N) is 4. The van der Waals surface area contributed by atoms with Gasteiger partial charge >= 0.3 is 12.2 Å². The summed E-state index contributed by atoms with van der Waals surface area (Å²) in [5, 5.41) is 11.6. The van der Waals surface area contributed by atoms with Gasteiger partial charge in [0.15, 0.2) is 0 Å². The molecule has 3 heterocycles. The maximum Gasteiger partial charge on any atom is 0.407 e. The summed E-state index contributed by atoms with van der Waals surface area (Å²) in [5.74, 6) is -1.20. The predicted octanol–water partition coefficient (Wildman–Crippen LogP) is 6.01. The molecule has 3 unspecified atom stereocenters. The molecule has 1 aromatic carbocycles. The third-order valence-corrected chi connectivity index (χ3v) is 13.7. The Hall–Kier alpha value is -5.60. The number of hydrogen-bond donors (Lipinski definition) is 4. The van der Waals surface area contributed by atoms with E-state index in [2.05, 4.69) is 102 Å². The second kappa shape index (κ2) is 21.1. The number of methoxy groups -OCH3 is 2. The van der Waals surface area contributed by atoms with E-state index in [0.717, 1.165) is 24.9 Å². The smallest absolute Gasteiger partial charge is 0.407 e. The summed E-state index contributed by atoms with van der Waals surface area (Å²) < 4.78 is 9.50. The van der Waals surface area contributed by atoms with Crippen molar-refractivity contribution in [1.82, 2.24) is 31.1 Å². The van der Waals surface area contributed by atoms with E-state index in [1.807, 2.05) is 33.8 Å². The van der Waals surface area contributed by atoms with Crippen molar-refractivity contribution in [2.75, 3.05) is 32.2 Å². The number of alkyl carbamates (subject to hydrolysis) is 2. The van der Waals surface area contributed by atoms with Crippen LogP contribution in [-0.2, 0) is 34.1 Å². The summed E-state index contributed by atoms with van der Waals surface area (Å²) >= 11 is 0. The lowest BCUT2D eigenvalue weighted by Crippen LogP contribution is -2.55. The van der Waals surface area contributed by atoms with Gasteiger partial charge in [0.25, 0.3) is 0 Å². The number of carbonyl (C=O) groups is 6. The number of anilines is 1. The van der Waals surface area contributed by atoms with E-state index in [-0.39, 0.29) is 64.9 Å². The Morgan fingerprint density at radius 2 is 1.26 bits per heavy atom. The minimum atomic E-state index is -0.801. The van der Waals surface area contributed by atoms with Crippen LogP contribution in [0.3, 0.4) is 0 Å². The summed E-state index contributed by atoms with van der Waals surface area (Å²) in [6.45, 7) is 14.9. The number of rotatable bonds is 13. The van der Waals surface area contributed by atoms with Crippen molar-refractivity contribution in [3.05, 3.63) is 77.6 Å². The third kappa shape index (κ3) is 11.4. The van der Waals surface area contributed by atoms with Crippen LogP contribution in [-0.4, -0.2) is 115 Å². The van der Waals surface area contributed by atoms with Crippen LogP contribution in [0.2, 0.25) is 0 Å². The maximum absolute atomic E-state index is 13.7. The molecular weight excluding hydrogens is 827 g/mol. The van der Waals surface area contributed by atoms with E-state index >= 15 is 0 Å². The van der Waals surface area contributed by atoms with Crippen LogP contribution in [0.25, 0.3) is 0 Å². The topological polar surface area (TPSA) is 179 Å².